The third-order valence-electron chi connectivity index (χ3n) is 3.86. The van der Waals surface area contributed by atoms with E-state index in [0.29, 0.717) is 18.1 Å². The third-order valence-corrected chi connectivity index (χ3v) is 3.86. The van der Waals surface area contributed by atoms with E-state index in [1.54, 1.807) is 12.1 Å². The number of benzene rings is 2. The minimum atomic E-state index is -0.237. The first-order valence-electron chi connectivity index (χ1n) is 8.20. The van der Waals surface area contributed by atoms with Crippen LogP contribution < -0.4 is 10.6 Å². The standard InChI is InChI=1S/C20H20N4O/c1-15(17-10-6-3-7-11-17)22-19-13-12-18(23-24-19)20(25)21-14-16-8-4-2-5-9-16/h2-13,15H,14H2,1H3,(H,21,25)(H,22,24). The Morgan fingerprint density at radius 2 is 1.60 bits per heavy atom. The van der Waals surface area contributed by atoms with Crippen LogP contribution in [0.15, 0.2) is 72.8 Å². The van der Waals surface area contributed by atoms with Crippen molar-refractivity contribution in [2.24, 2.45) is 0 Å². The molecule has 1 heterocycles. The highest BCUT2D eigenvalue weighted by Crippen LogP contribution is 2.16. The number of aromatic nitrogens is 2. The molecule has 2 aromatic carbocycles. The zero-order chi connectivity index (χ0) is 17.5. The normalized spacial score (nSPS) is 11.6. The molecule has 2 N–H and O–H groups in total. The molecule has 5 nitrogen and oxygen atoms in total. The molecule has 1 unspecified atom stereocenters. The van der Waals surface area contributed by atoms with Gasteiger partial charge in [-0.1, -0.05) is 60.7 Å². The maximum Gasteiger partial charge on any atom is 0.272 e. The predicted molar refractivity (Wildman–Crippen MR) is 98.1 cm³/mol. The van der Waals surface area contributed by atoms with Gasteiger partial charge in [0.15, 0.2) is 5.69 Å². The Morgan fingerprint density at radius 1 is 0.920 bits per heavy atom. The van der Waals surface area contributed by atoms with E-state index in [1.165, 1.54) is 0 Å². The molecular formula is C20H20N4O. The van der Waals surface area contributed by atoms with Crippen molar-refractivity contribution < 1.29 is 4.79 Å². The van der Waals surface area contributed by atoms with E-state index >= 15 is 0 Å². The van der Waals surface area contributed by atoms with E-state index in [-0.39, 0.29) is 11.9 Å². The van der Waals surface area contributed by atoms with E-state index < -0.39 is 0 Å². The molecule has 1 amide bonds. The minimum Gasteiger partial charge on any atom is -0.362 e. The highest BCUT2D eigenvalue weighted by atomic mass is 16.1. The number of carbonyl (C=O) groups is 1. The van der Waals surface area contributed by atoms with Crippen LogP contribution in [0, 0.1) is 0 Å². The van der Waals surface area contributed by atoms with Crippen molar-refractivity contribution in [3.05, 3.63) is 89.6 Å². The van der Waals surface area contributed by atoms with Gasteiger partial charge in [-0.15, -0.1) is 10.2 Å². The van der Waals surface area contributed by atoms with E-state index in [2.05, 4.69) is 39.9 Å². The predicted octanol–water partition coefficient (Wildman–Crippen LogP) is 3.58. The molecule has 0 saturated carbocycles. The number of carbonyl (C=O) groups excluding carboxylic acids is 1. The summed E-state index contributed by atoms with van der Waals surface area (Å²) in [5.74, 6) is 0.398. The molecule has 0 fully saturated rings. The first-order chi connectivity index (χ1) is 12.2. The number of anilines is 1. The lowest BCUT2D eigenvalue weighted by molar-refractivity contribution is 0.0945. The van der Waals surface area contributed by atoms with E-state index in [0.717, 1.165) is 11.1 Å². The van der Waals surface area contributed by atoms with E-state index in [9.17, 15) is 4.79 Å². The monoisotopic (exact) mass is 332 g/mol. The lowest BCUT2D eigenvalue weighted by Crippen LogP contribution is -2.24. The number of nitrogens with one attached hydrogen (secondary N) is 2. The Bertz CT molecular complexity index is 804. The van der Waals surface area contributed by atoms with Gasteiger partial charge in [0.05, 0.1) is 0 Å². The van der Waals surface area contributed by atoms with Crippen LogP contribution in [0.25, 0.3) is 0 Å². The maximum absolute atomic E-state index is 12.1. The van der Waals surface area contributed by atoms with Crippen LogP contribution >= 0.6 is 0 Å². The molecule has 0 aliphatic rings. The molecular weight excluding hydrogens is 312 g/mol. The number of amides is 1. The first kappa shape index (κ1) is 16.6. The number of hydrogen-bond donors (Lipinski definition) is 2. The van der Waals surface area contributed by atoms with Gasteiger partial charge in [0, 0.05) is 12.6 Å². The van der Waals surface area contributed by atoms with Crippen molar-refractivity contribution in [3.63, 3.8) is 0 Å². The smallest absolute Gasteiger partial charge is 0.272 e. The summed E-state index contributed by atoms with van der Waals surface area (Å²) in [7, 11) is 0. The molecule has 1 atom stereocenters. The van der Waals surface area contributed by atoms with Gasteiger partial charge in [0.1, 0.15) is 5.82 Å². The van der Waals surface area contributed by atoms with Crippen LogP contribution in [-0.4, -0.2) is 16.1 Å². The van der Waals surface area contributed by atoms with Gasteiger partial charge in [-0.2, -0.15) is 0 Å². The zero-order valence-electron chi connectivity index (χ0n) is 14.0. The number of hydrogen-bond acceptors (Lipinski definition) is 4. The lowest BCUT2D eigenvalue weighted by atomic mass is 10.1. The van der Waals surface area contributed by atoms with Crippen molar-refractivity contribution in [1.29, 1.82) is 0 Å². The highest BCUT2D eigenvalue weighted by molar-refractivity contribution is 5.92. The van der Waals surface area contributed by atoms with Gasteiger partial charge in [-0.25, -0.2) is 0 Å². The van der Waals surface area contributed by atoms with Crippen LogP contribution in [0.2, 0.25) is 0 Å². The van der Waals surface area contributed by atoms with Gasteiger partial charge in [-0.05, 0) is 30.2 Å². The fourth-order valence-electron chi connectivity index (χ4n) is 2.45. The van der Waals surface area contributed by atoms with Crippen molar-refractivity contribution in [2.45, 2.75) is 19.5 Å². The Kier molecular flexibility index (Phi) is 5.36. The second-order valence-corrected chi connectivity index (χ2v) is 5.75. The van der Waals surface area contributed by atoms with Crippen LogP contribution in [0.1, 0.15) is 34.6 Å². The van der Waals surface area contributed by atoms with Crippen LogP contribution in [-0.2, 0) is 6.54 Å². The summed E-state index contributed by atoms with van der Waals surface area (Å²) >= 11 is 0. The Balaban J connectivity index is 1.57. The molecule has 0 aliphatic heterocycles. The maximum atomic E-state index is 12.1. The lowest BCUT2D eigenvalue weighted by Gasteiger charge is -2.14. The number of rotatable bonds is 6. The van der Waals surface area contributed by atoms with Gasteiger partial charge in [-0.3, -0.25) is 4.79 Å². The van der Waals surface area contributed by atoms with Gasteiger partial charge in [0.2, 0.25) is 0 Å². The zero-order valence-corrected chi connectivity index (χ0v) is 14.0. The van der Waals surface area contributed by atoms with E-state index in [1.807, 2.05) is 48.5 Å². The topological polar surface area (TPSA) is 66.9 Å². The van der Waals surface area contributed by atoms with Gasteiger partial charge in [0.25, 0.3) is 5.91 Å². The SMILES string of the molecule is CC(Nc1ccc(C(=O)NCc2ccccc2)nn1)c1ccccc1. The van der Waals surface area contributed by atoms with Crippen LogP contribution in [0.4, 0.5) is 5.82 Å². The molecule has 0 spiro atoms. The summed E-state index contributed by atoms with van der Waals surface area (Å²) in [6, 6.07) is 23.4. The summed E-state index contributed by atoms with van der Waals surface area (Å²) in [5, 5.41) is 14.2. The summed E-state index contributed by atoms with van der Waals surface area (Å²) in [6.07, 6.45) is 0. The average molecular weight is 332 g/mol. The quantitative estimate of drug-likeness (QED) is 0.724. The van der Waals surface area contributed by atoms with Crippen molar-refractivity contribution >= 4 is 11.7 Å². The Hall–Kier alpha value is -3.21. The van der Waals surface area contributed by atoms with Crippen LogP contribution in [0.5, 0.6) is 0 Å². The molecule has 3 aromatic rings. The minimum absolute atomic E-state index is 0.105. The van der Waals surface area contributed by atoms with Crippen molar-refractivity contribution in [3.8, 4) is 0 Å². The van der Waals surface area contributed by atoms with Crippen LogP contribution in [0.3, 0.4) is 0 Å². The average Bonchev–Trinajstić information content (AvgIpc) is 2.68. The largest absolute Gasteiger partial charge is 0.362 e. The molecule has 25 heavy (non-hydrogen) atoms. The molecule has 0 bridgehead atoms. The summed E-state index contributed by atoms with van der Waals surface area (Å²) in [5.41, 5.74) is 2.50. The summed E-state index contributed by atoms with van der Waals surface area (Å²) in [4.78, 5) is 12.1. The Labute approximate surface area is 147 Å². The van der Waals surface area contributed by atoms with Gasteiger partial charge < -0.3 is 10.6 Å². The fourth-order valence-corrected chi connectivity index (χ4v) is 2.45. The molecule has 5 heteroatoms. The first-order valence-corrected chi connectivity index (χ1v) is 8.20. The molecule has 0 radical (unpaired) electrons. The summed E-state index contributed by atoms with van der Waals surface area (Å²) < 4.78 is 0. The van der Waals surface area contributed by atoms with Crippen molar-refractivity contribution in [2.75, 3.05) is 5.32 Å². The van der Waals surface area contributed by atoms with Crippen molar-refractivity contribution in [1.82, 2.24) is 15.5 Å². The molecule has 0 aliphatic carbocycles. The molecule has 3 rings (SSSR count). The molecule has 126 valence electrons. The highest BCUT2D eigenvalue weighted by Gasteiger charge is 2.10. The summed E-state index contributed by atoms with van der Waals surface area (Å²) in [6.45, 7) is 2.52. The van der Waals surface area contributed by atoms with E-state index in [4.69, 9.17) is 0 Å². The van der Waals surface area contributed by atoms with Gasteiger partial charge >= 0.3 is 0 Å². The Morgan fingerprint density at radius 3 is 2.24 bits per heavy atom. The second-order valence-electron chi connectivity index (χ2n) is 5.75. The third kappa shape index (κ3) is 4.64. The second kappa shape index (κ2) is 8.06. The molecule has 0 saturated heterocycles. The number of nitrogens with zero attached hydrogens (tertiary/aromatic N) is 2. The fraction of sp³-hybridized carbons (Fsp3) is 0.150. The molecule has 1 aromatic heterocycles.